The van der Waals surface area contributed by atoms with E-state index in [0.29, 0.717) is 23.1 Å². The first-order valence-electron chi connectivity index (χ1n) is 9.27. The number of benzene rings is 2. The second-order valence-electron chi connectivity index (χ2n) is 6.47. The number of amides is 2. The Morgan fingerprint density at radius 3 is 2.30 bits per heavy atom. The molecule has 0 radical (unpaired) electrons. The number of hydrogen-bond acceptors (Lipinski definition) is 10. The standard InChI is InChI=1S/C21H19NO9S2/c1-28-14-5-7-15(8-6-14)33(26,27)31-16-9-4-13(10-17(16)29-2)11-18-20(24)22(21(25)32-18)12-19(23)30-3/h4-11H,12H2,1-3H3/b18-11-. The highest BCUT2D eigenvalue weighted by atomic mass is 32.2. The number of rotatable bonds is 8. The van der Waals surface area contributed by atoms with E-state index in [9.17, 15) is 22.8 Å². The number of nitrogens with zero attached hydrogens (tertiary/aromatic N) is 1. The smallest absolute Gasteiger partial charge is 0.339 e. The maximum absolute atomic E-state index is 12.6. The van der Waals surface area contributed by atoms with Crippen LogP contribution in [0.2, 0.25) is 0 Å². The van der Waals surface area contributed by atoms with Crippen LogP contribution >= 0.6 is 11.8 Å². The van der Waals surface area contributed by atoms with Crippen molar-refractivity contribution in [2.45, 2.75) is 4.90 Å². The zero-order valence-electron chi connectivity index (χ0n) is 17.8. The minimum absolute atomic E-state index is 0.0655. The Kier molecular flexibility index (Phi) is 7.29. The molecule has 1 fully saturated rings. The lowest BCUT2D eigenvalue weighted by molar-refractivity contribution is -0.143. The summed E-state index contributed by atoms with van der Waals surface area (Å²) in [5, 5.41) is -0.603. The van der Waals surface area contributed by atoms with Crippen LogP contribution in [0.3, 0.4) is 0 Å². The van der Waals surface area contributed by atoms with Crippen LogP contribution in [0.15, 0.2) is 52.3 Å². The lowest BCUT2D eigenvalue weighted by atomic mass is 10.2. The maximum atomic E-state index is 12.6. The van der Waals surface area contributed by atoms with Crippen LogP contribution in [0.25, 0.3) is 6.08 Å². The summed E-state index contributed by atoms with van der Waals surface area (Å²) in [5.74, 6) is -0.845. The number of carbonyl (C=O) groups excluding carboxylic acids is 3. The van der Waals surface area contributed by atoms with Gasteiger partial charge in [-0.05, 0) is 59.8 Å². The van der Waals surface area contributed by atoms with Crippen molar-refractivity contribution in [3.8, 4) is 17.2 Å². The number of carbonyl (C=O) groups is 3. The molecule has 0 aliphatic carbocycles. The van der Waals surface area contributed by atoms with Gasteiger partial charge in [-0.2, -0.15) is 8.42 Å². The van der Waals surface area contributed by atoms with Gasteiger partial charge in [-0.3, -0.25) is 19.3 Å². The van der Waals surface area contributed by atoms with Crippen LogP contribution in [0.5, 0.6) is 17.2 Å². The summed E-state index contributed by atoms with van der Waals surface area (Å²) in [5.41, 5.74) is 0.449. The van der Waals surface area contributed by atoms with Gasteiger partial charge >= 0.3 is 16.1 Å². The monoisotopic (exact) mass is 493 g/mol. The normalized spacial score (nSPS) is 15.0. The van der Waals surface area contributed by atoms with Gasteiger partial charge in [0, 0.05) is 0 Å². The fourth-order valence-electron chi connectivity index (χ4n) is 2.73. The summed E-state index contributed by atoms with van der Waals surface area (Å²) in [7, 11) is -0.199. The van der Waals surface area contributed by atoms with Gasteiger partial charge in [-0.25, -0.2) is 0 Å². The van der Waals surface area contributed by atoms with Gasteiger partial charge in [0.05, 0.1) is 26.2 Å². The lowest BCUT2D eigenvalue weighted by Crippen LogP contribution is -2.34. The molecule has 2 aromatic carbocycles. The first-order chi connectivity index (χ1) is 15.7. The van der Waals surface area contributed by atoms with Gasteiger partial charge in [0.15, 0.2) is 11.5 Å². The summed E-state index contributed by atoms with van der Waals surface area (Å²) in [4.78, 5) is 36.7. The van der Waals surface area contributed by atoms with Crippen LogP contribution in [0.4, 0.5) is 4.79 Å². The van der Waals surface area contributed by atoms with Gasteiger partial charge in [-0.1, -0.05) is 6.07 Å². The summed E-state index contributed by atoms with van der Waals surface area (Å²) < 4.78 is 45.2. The molecular formula is C21H19NO9S2. The molecule has 1 saturated heterocycles. The van der Waals surface area contributed by atoms with E-state index in [0.717, 1.165) is 12.0 Å². The Morgan fingerprint density at radius 1 is 1.00 bits per heavy atom. The molecule has 1 heterocycles. The van der Waals surface area contributed by atoms with Gasteiger partial charge in [-0.15, -0.1) is 0 Å². The molecule has 0 aromatic heterocycles. The zero-order chi connectivity index (χ0) is 24.2. The SMILES string of the molecule is COC(=O)CN1C(=O)S/C(=C\c2ccc(OS(=O)(=O)c3ccc(OC)cc3)c(OC)c2)C1=O. The van der Waals surface area contributed by atoms with Crippen LogP contribution in [-0.2, 0) is 24.4 Å². The van der Waals surface area contributed by atoms with Crippen molar-refractivity contribution < 1.29 is 41.2 Å². The summed E-state index contributed by atoms with van der Waals surface area (Å²) in [6.07, 6.45) is 1.42. The lowest BCUT2D eigenvalue weighted by Gasteiger charge is -2.12. The van der Waals surface area contributed by atoms with Crippen LogP contribution in [0.1, 0.15) is 5.56 Å². The second-order valence-corrected chi connectivity index (χ2v) is 9.01. The van der Waals surface area contributed by atoms with E-state index in [1.165, 1.54) is 62.8 Å². The molecule has 12 heteroatoms. The number of thioether (sulfide) groups is 1. The third-order valence-electron chi connectivity index (χ3n) is 4.42. The third-order valence-corrected chi connectivity index (χ3v) is 6.58. The van der Waals surface area contributed by atoms with Gasteiger partial charge in [0.2, 0.25) is 0 Å². The van der Waals surface area contributed by atoms with Crippen LogP contribution in [0, 0.1) is 0 Å². The average Bonchev–Trinajstić information content (AvgIpc) is 3.06. The molecule has 0 N–H and O–H groups in total. The molecule has 2 aromatic rings. The molecule has 174 valence electrons. The van der Waals surface area contributed by atoms with E-state index in [4.69, 9.17) is 13.7 Å². The molecule has 3 rings (SSSR count). The first kappa shape index (κ1) is 24.1. The zero-order valence-corrected chi connectivity index (χ0v) is 19.4. The van der Waals surface area contributed by atoms with Crippen molar-refractivity contribution in [3.05, 3.63) is 52.9 Å². The number of ether oxygens (including phenoxy) is 3. The fourth-order valence-corrected chi connectivity index (χ4v) is 4.51. The van der Waals surface area contributed by atoms with E-state index in [1.54, 1.807) is 0 Å². The summed E-state index contributed by atoms with van der Waals surface area (Å²) >= 11 is 0.670. The Bertz CT molecular complexity index is 1220. The van der Waals surface area contributed by atoms with E-state index in [2.05, 4.69) is 4.74 Å². The van der Waals surface area contributed by atoms with E-state index in [1.807, 2.05) is 0 Å². The molecule has 10 nitrogen and oxygen atoms in total. The van der Waals surface area contributed by atoms with Crippen molar-refractivity contribution >= 4 is 45.1 Å². The molecule has 1 aliphatic rings. The first-order valence-corrected chi connectivity index (χ1v) is 11.5. The molecule has 33 heavy (non-hydrogen) atoms. The molecule has 0 unspecified atom stereocenters. The predicted molar refractivity (Wildman–Crippen MR) is 118 cm³/mol. The number of methoxy groups -OCH3 is 3. The van der Waals surface area contributed by atoms with Crippen molar-refractivity contribution in [2.24, 2.45) is 0 Å². The van der Waals surface area contributed by atoms with Crippen LogP contribution in [-0.4, -0.2) is 58.3 Å². The highest BCUT2D eigenvalue weighted by Gasteiger charge is 2.36. The quantitative estimate of drug-likeness (QED) is 0.308. The highest BCUT2D eigenvalue weighted by molar-refractivity contribution is 8.18. The molecule has 0 bridgehead atoms. The van der Waals surface area contributed by atoms with Crippen molar-refractivity contribution in [2.75, 3.05) is 27.9 Å². The minimum Gasteiger partial charge on any atom is -0.497 e. The molecule has 0 atom stereocenters. The van der Waals surface area contributed by atoms with Crippen molar-refractivity contribution in [1.29, 1.82) is 0 Å². The largest absolute Gasteiger partial charge is 0.497 e. The number of hydrogen-bond donors (Lipinski definition) is 0. The Hall–Kier alpha value is -3.51. The fraction of sp³-hybridized carbons (Fsp3) is 0.190. The third kappa shape index (κ3) is 5.46. The Morgan fingerprint density at radius 2 is 1.70 bits per heavy atom. The summed E-state index contributed by atoms with van der Waals surface area (Å²) in [6.45, 7) is -0.488. The van der Waals surface area contributed by atoms with Crippen molar-refractivity contribution in [3.63, 3.8) is 0 Å². The topological polar surface area (TPSA) is 126 Å². The molecule has 1 aliphatic heterocycles. The van der Waals surface area contributed by atoms with E-state index >= 15 is 0 Å². The minimum atomic E-state index is -4.15. The molecule has 0 spiro atoms. The van der Waals surface area contributed by atoms with Crippen molar-refractivity contribution in [1.82, 2.24) is 4.90 Å². The highest BCUT2D eigenvalue weighted by Crippen LogP contribution is 2.35. The van der Waals surface area contributed by atoms with E-state index < -0.39 is 33.8 Å². The van der Waals surface area contributed by atoms with E-state index in [-0.39, 0.29) is 21.3 Å². The van der Waals surface area contributed by atoms with Gasteiger partial charge in [0.1, 0.15) is 17.2 Å². The number of esters is 1. The second kappa shape index (κ2) is 9.96. The average molecular weight is 494 g/mol. The maximum Gasteiger partial charge on any atom is 0.339 e. The van der Waals surface area contributed by atoms with Gasteiger partial charge < -0.3 is 18.4 Å². The molecule has 0 saturated carbocycles. The molecular weight excluding hydrogens is 474 g/mol. The molecule has 2 amide bonds. The Labute approximate surface area is 194 Å². The Balaban J connectivity index is 1.83. The number of imide groups is 1. The van der Waals surface area contributed by atoms with Crippen LogP contribution < -0.4 is 13.7 Å². The summed E-state index contributed by atoms with van der Waals surface area (Å²) in [6, 6.07) is 9.99. The predicted octanol–water partition coefficient (Wildman–Crippen LogP) is 2.68. The van der Waals surface area contributed by atoms with Gasteiger partial charge in [0.25, 0.3) is 11.1 Å².